The van der Waals surface area contributed by atoms with Crippen LogP contribution in [0.1, 0.15) is 12.8 Å². The summed E-state index contributed by atoms with van der Waals surface area (Å²) in [6, 6.07) is 8.11. The largest absolute Gasteiger partial charge is 0.342 e. The zero-order valence-electron chi connectivity index (χ0n) is 9.50. The van der Waals surface area contributed by atoms with Gasteiger partial charge >= 0.3 is 0 Å². The monoisotopic (exact) mass is 253 g/mol. The summed E-state index contributed by atoms with van der Waals surface area (Å²) < 4.78 is 23.9. The Morgan fingerprint density at radius 2 is 1.71 bits per heavy atom. The molecule has 0 spiro atoms. The Morgan fingerprint density at radius 3 is 2.29 bits per heavy atom. The number of carbonyl (C=O) groups excluding carboxylic acids is 1. The number of hydrogen-bond donors (Lipinski definition) is 0. The summed E-state index contributed by atoms with van der Waals surface area (Å²) >= 11 is 0. The van der Waals surface area contributed by atoms with Crippen LogP contribution in [0.3, 0.4) is 0 Å². The quantitative estimate of drug-likeness (QED) is 0.810. The highest BCUT2D eigenvalue weighted by atomic mass is 32.2. The molecule has 1 heterocycles. The Balaban J connectivity index is 2.10. The van der Waals surface area contributed by atoms with Crippen LogP contribution < -0.4 is 0 Å². The summed E-state index contributed by atoms with van der Waals surface area (Å²) in [4.78, 5) is 13.6. The molecule has 4 nitrogen and oxygen atoms in total. The van der Waals surface area contributed by atoms with Crippen molar-refractivity contribution in [1.82, 2.24) is 4.90 Å². The van der Waals surface area contributed by atoms with Gasteiger partial charge in [-0.3, -0.25) is 4.79 Å². The van der Waals surface area contributed by atoms with E-state index >= 15 is 0 Å². The lowest BCUT2D eigenvalue weighted by Gasteiger charge is -2.15. The molecule has 1 aromatic rings. The Labute approximate surface area is 101 Å². The predicted octanol–water partition coefficient (Wildman–Crippen LogP) is 1.08. The standard InChI is InChI=1S/C12H15NO3S/c14-12(13-8-4-5-9-13)10-17(15,16)11-6-2-1-3-7-11/h1-3,6-7H,4-5,8-10H2. The van der Waals surface area contributed by atoms with Crippen LogP contribution in [0.5, 0.6) is 0 Å². The predicted molar refractivity (Wildman–Crippen MR) is 64.3 cm³/mol. The fraction of sp³-hybridized carbons (Fsp3) is 0.417. The van der Waals surface area contributed by atoms with Crippen molar-refractivity contribution in [2.24, 2.45) is 0 Å². The summed E-state index contributed by atoms with van der Waals surface area (Å²) in [5, 5.41) is 0. The van der Waals surface area contributed by atoms with Gasteiger partial charge in [0.15, 0.2) is 9.84 Å². The van der Waals surface area contributed by atoms with Crippen LogP contribution in [-0.4, -0.2) is 38.1 Å². The molecule has 5 heteroatoms. The Bertz CT molecular complexity index is 490. The first-order valence-electron chi connectivity index (χ1n) is 5.65. The average molecular weight is 253 g/mol. The lowest BCUT2D eigenvalue weighted by atomic mass is 10.4. The van der Waals surface area contributed by atoms with E-state index in [1.807, 2.05) is 0 Å². The smallest absolute Gasteiger partial charge is 0.238 e. The van der Waals surface area contributed by atoms with E-state index in [9.17, 15) is 13.2 Å². The molecule has 0 saturated carbocycles. The second-order valence-electron chi connectivity index (χ2n) is 4.16. The number of benzene rings is 1. The molecule has 0 radical (unpaired) electrons. The number of carbonyl (C=O) groups is 1. The van der Waals surface area contributed by atoms with Gasteiger partial charge in [0, 0.05) is 13.1 Å². The SMILES string of the molecule is O=C(CS(=O)(=O)c1ccccc1)N1CCCC1. The van der Waals surface area contributed by atoms with Crippen molar-refractivity contribution in [3.05, 3.63) is 30.3 Å². The molecule has 0 atom stereocenters. The van der Waals surface area contributed by atoms with Crippen LogP contribution in [0, 0.1) is 0 Å². The molecule has 1 aliphatic rings. The molecule has 1 fully saturated rings. The third-order valence-corrected chi connectivity index (χ3v) is 4.49. The highest BCUT2D eigenvalue weighted by Crippen LogP contribution is 2.13. The summed E-state index contributed by atoms with van der Waals surface area (Å²) in [5.74, 6) is -0.705. The van der Waals surface area contributed by atoms with Crippen molar-refractivity contribution >= 4 is 15.7 Å². The van der Waals surface area contributed by atoms with Crippen molar-refractivity contribution in [1.29, 1.82) is 0 Å². The van der Waals surface area contributed by atoms with E-state index in [0.29, 0.717) is 13.1 Å². The summed E-state index contributed by atoms with van der Waals surface area (Å²) in [5.41, 5.74) is 0. The van der Waals surface area contributed by atoms with Gasteiger partial charge in [0.1, 0.15) is 5.75 Å². The fourth-order valence-electron chi connectivity index (χ4n) is 1.93. The molecule has 92 valence electrons. The third-order valence-electron chi connectivity index (χ3n) is 2.87. The molecule has 17 heavy (non-hydrogen) atoms. The van der Waals surface area contributed by atoms with Crippen LogP contribution in [-0.2, 0) is 14.6 Å². The molecule has 0 unspecified atom stereocenters. The number of sulfone groups is 1. The van der Waals surface area contributed by atoms with E-state index in [2.05, 4.69) is 0 Å². The second kappa shape index (κ2) is 4.87. The minimum atomic E-state index is -3.49. The second-order valence-corrected chi connectivity index (χ2v) is 6.15. The van der Waals surface area contributed by atoms with Gasteiger partial charge in [0.05, 0.1) is 4.90 Å². The lowest BCUT2D eigenvalue weighted by Crippen LogP contribution is -2.33. The van der Waals surface area contributed by atoms with Crippen molar-refractivity contribution < 1.29 is 13.2 Å². The first-order chi connectivity index (χ1) is 8.09. The number of rotatable bonds is 3. The lowest BCUT2D eigenvalue weighted by molar-refractivity contribution is -0.127. The van der Waals surface area contributed by atoms with E-state index in [0.717, 1.165) is 12.8 Å². The number of nitrogens with zero attached hydrogens (tertiary/aromatic N) is 1. The van der Waals surface area contributed by atoms with Crippen molar-refractivity contribution in [2.75, 3.05) is 18.8 Å². The normalized spacial score (nSPS) is 16.1. The number of likely N-dealkylation sites (tertiary alicyclic amines) is 1. The van der Waals surface area contributed by atoms with Gasteiger partial charge in [0.2, 0.25) is 5.91 Å². The molecule has 2 rings (SSSR count). The molecule has 0 aromatic heterocycles. The third kappa shape index (κ3) is 2.85. The Morgan fingerprint density at radius 1 is 1.12 bits per heavy atom. The minimum Gasteiger partial charge on any atom is -0.342 e. The molecule has 1 aliphatic heterocycles. The first-order valence-corrected chi connectivity index (χ1v) is 7.30. The van der Waals surface area contributed by atoms with E-state index in [-0.39, 0.29) is 10.8 Å². The van der Waals surface area contributed by atoms with Gasteiger partial charge in [-0.2, -0.15) is 0 Å². The summed E-state index contributed by atoms with van der Waals surface area (Å²) in [6.45, 7) is 1.37. The van der Waals surface area contributed by atoms with E-state index < -0.39 is 15.6 Å². The Hall–Kier alpha value is -1.36. The maximum absolute atomic E-state index is 12.0. The van der Waals surface area contributed by atoms with E-state index in [4.69, 9.17) is 0 Å². The van der Waals surface area contributed by atoms with Crippen molar-refractivity contribution in [2.45, 2.75) is 17.7 Å². The molecule has 0 bridgehead atoms. The molecule has 1 amide bonds. The van der Waals surface area contributed by atoms with Gasteiger partial charge in [-0.05, 0) is 25.0 Å². The molecule has 0 N–H and O–H groups in total. The van der Waals surface area contributed by atoms with Crippen LogP contribution in [0.15, 0.2) is 35.2 Å². The summed E-state index contributed by atoms with van der Waals surface area (Å²) in [6.07, 6.45) is 1.94. The molecule has 1 aromatic carbocycles. The molecule has 0 aliphatic carbocycles. The number of amides is 1. The molecular formula is C12H15NO3S. The fourth-order valence-corrected chi connectivity index (χ4v) is 3.18. The Kier molecular flexibility index (Phi) is 3.47. The van der Waals surface area contributed by atoms with Crippen LogP contribution in [0.25, 0.3) is 0 Å². The maximum Gasteiger partial charge on any atom is 0.238 e. The van der Waals surface area contributed by atoms with Crippen molar-refractivity contribution in [3.8, 4) is 0 Å². The molecular weight excluding hydrogens is 238 g/mol. The van der Waals surface area contributed by atoms with Crippen molar-refractivity contribution in [3.63, 3.8) is 0 Å². The topological polar surface area (TPSA) is 54.5 Å². The summed E-state index contributed by atoms with van der Waals surface area (Å²) in [7, 11) is -3.49. The van der Waals surface area contributed by atoms with Gasteiger partial charge in [-0.25, -0.2) is 8.42 Å². The maximum atomic E-state index is 12.0. The van der Waals surface area contributed by atoms with Gasteiger partial charge in [-0.15, -0.1) is 0 Å². The van der Waals surface area contributed by atoms with E-state index in [1.54, 1.807) is 23.1 Å². The van der Waals surface area contributed by atoms with Gasteiger partial charge in [0.25, 0.3) is 0 Å². The minimum absolute atomic E-state index is 0.215. The zero-order valence-corrected chi connectivity index (χ0v) is 10.3. The zero-order chi connectivity index (χ0) is 12.3. The van der Waals surface area contributed by atoms with Crippen LogP contribution >= 0.6 is 0 Å². The highest BCUT2D eigenvalue weighted by Gasteiger charge is 2.24. The molecule has 1 saturated heterocycles. The highest BCUT2D eigenvalue weighted by molar-refractivity contribution is 7.92. The number of hydrogen-bond acceptors (Lipinski definition) is 3. The van der Waals surface area contributed by atoms with Crippen LogP contribution in [0.4, 0.5) is 0 Å². The van der Waals surface area contributed by atoms with Gasteiger partial charge < -0.3 is 4.90 Å². The van der Waals surface area contributed by atoms with E-state index in [1.165, 1.54) is 12.1 Å². The first kappa shape index (κ1) is 12.1. The van der Waals surface area contributed by atoms with Gasteiger partial charge in [-0.1, -0.05) is 18.2 Å². The average Bonchev–Trinajstić information content (AvgIpc) is 2.83. The van der Waals surface area contributed by atoms with Crippen LogP contribution in [0.2, 0.25) is 0 Å².